The Morgan fingerprint density at radius 2 is 1.30 bits per heavy atom. The molecule has 23 heavy (non-hydrogen) atoms. The maximum atomic E-state index is 5.80. The zero-order valence-corrected chi connectivity index (χ0v) is 13.3. The molecule has 3 aromatic carbocycles. The van der Waals surface area contributed by atoms with Crippen molar-refractivity contribution in [3.8, 4) is 0 Å². The fraction of sp³-hybridized carbons (Fsp3) is 0.238. The average Bonchev–Trinajstić information content (AvgIpc) is 2.62. The molecule has 0 aliphatic rings. The van der Waals surface area contributed by atoms with Crippen molar-refractivity contribution in [2.24, 2.45) is 0 Å². The van der Waals surface area contributed by atoms with E-state index in [9.17, 15) is 0 Å². The third-order valence-electron chi connectivity index (χ3n) is 3.83. The average molecular weight is 306 g/mol. The third kappa shape index (κ3) is 4.65. The molecule has 0 heterocycles. The van der Waals surface area contributed by atoms with Crippen LogP contribution in [0.1, 0.15) is 17.5 Å². The second-order valence-corrected chi connectivity index (χ2v) is 5.58. The largest absolute Gasteiger partial charge is 0.377 e. The first-order valence-electron chi connectivity index (χ1n) is 8.09. The first-order valence-corrected chi connectivity index (χ1v) is 8.09. The summed E-state index contributed by atoms with van der Waals surface area (Å²) in [6, 6.07) is 25.0. The Kier molecular flexibility index (Phi) is 5.79. The van der Waals surface area contributed by atoms with Crippen molar-refractivity contribution in [2.75, 3.05) is 13.2 Å². The van der Waals surface area contributed by atoms with Crippen molar-refractivity contribution < 1.29 is 9.47 Å². The number of fused-ring (bicyclic) bond motifs is 1. The van der Waals surface area contributed by atoms with E-state index in [0.29, 0.717) is 13.2 Å². The molecule has 0 unspecified atom stereocenters. The Morgan fingerprint density at radius 1 is 0.609 bits per heavy atom. The van der Waals surface area contributed by atoms with Crippen molar-refractivity contribution in [1.82, 2.24) is 0 Å². The van der Waals surface area contributed by atoms with Gasteiger partial charge in [-0.25, -0.2) is 0 Å². The maximum absolute atomic E-state index is 5.80. The molecule has 118 valence electrons. The van der Waals surface area contributed by atoms with Gasteiger partial charge in [0, 0.05) is 13.2 Å². The van der Waals surface area contributed by atoms with Crippen molar-refractivity contribution in [3.05, 3.63) is 83.9 Å². The fourth-order valence-corrected chi connectivity index (χ4v) is 2.63. The van der Waals surface area contributed by atoms with E-state index in [1.54, 1.807) is 0 Å². The highest BCUT2D eigenvalue weighted by Gasteiger charge is 2.00. The van der Waals surface area contributed by atoms with Gasteiger partial charge in [-0.05, 0) is 28.3 Å². The van der Waals surface area contributed by atoms with Gasteiger partial charge in [0.15, 0.2) is 0 Å². The number of hydrogen-bond acceptors (Lipinski definition) is 2. The zero-order chi connectivity index (χ0) is 15.7. The molecule has 0 aliphatic carbocycles. The molecule has 0 saturated heterocycles. The van der Waals surface area contributed by atoms with E-state index in [-0.39, 0.29) is 0 Å². The molecule has 0 N–H and O–H groups in total. The van der Waals surface area contributed by atoms with Crippen molar-refractivity contribution >= 4 is 10.8 Å². The van der Waals surface area contributed by atoms with Crippen LogP contribution >= 0.6 is 0 Å². The summed E-state index contributed by atoms with van der Waals surface area (Å²) >= 11 is 0. The molecular weight excluding hydrogens is 284 g/mol. The summed E-state index contributed by atoms with van der Waals surface area (Å²) in [7, 11) is 0. The molecule has 0 aromatic heterocycles. The Hall–Kier alpha value is -2.16. The quantitative estimate of drug-likeness (QED) is 0.547. The molecule has 0 amide bonds. The molecule has 0 aliphatic heterocycles. The lowest BCUT2D eigenvalue weighted by molar-refractivity contribution is 0.0699. The van der Waals surface area contributed by atoms with Crippen LogP contribution < -0.4 is 0 Å². The lowest BCUT2D eigenvalue weighted by Crippen LogP contribution is -2.02. The van der Waals surface area contributed by atoms with Crippen molar-refractivity contribution in [2.45, 2.75) is 19.6 Å². The molecule has 3 rings (SSSR count). The highest BCUT2D eigenvalue weighted by atomic mass is 16.5. The van der Waals surface area contributed by atoms with Crippen LogP contribution in [0.25, 0.3) is 10.8 Å². The Labute approximate surface area is 137 Å². The minimum atomic E-state index is 0.653. The van der Waals surface area contributed by atoms with Gasteiger partial charge >= 0.3 is 0 Å². The number of benzene rings is 3. The highest BCUT2D eigenvalue weighted by Crippen LogP contribution is 2.19. The van der Waals surface area contributed by atoms with Crippen LogP contribution in [0.15, 0.2) is 72.8 Å². The van der Waals surface area contributed by atoms with Gasteiger partial charge in [-0.1, -0.05) is 72.8 Å². The minimum Gasteiger partial charge on any atom is -0.377 e. The summed E-state index contributed by atoms with van der Waals surface area (Å²) in [5, 5.41) is 2.54. The number of ether oxygens (including phenoxy) is 2. The second-order valence-electron chi connectivity index (χ2n) is 5.58. The van der Waals surface area contributed by atoms with E-state index >= 15 is 0 Å². The van der Waals surface area contributed by atoms with E-state index in [2.05, 4.69) is 54.6 Å². The molecular formula is C21H22O2. The standard InChI is InChI=1S/C21H22O2/c1-2-8-18(9-3-1)16-22-14-7-15-23-17-20-12-6-11-19-10-4-5-13-21(19)20/h1-6,8-13H,7,14-17H2. The summed E-state index contributed by atoms with van der Waals surface area (Å²) < 4.78 is 11.5. The van der Waals surface area contributed by atoms with Crippen LogP contribution in [0.3, 0.4) is 0 Å². The van der Waals surface area contributed by atoms with Crippen molar-refractivity contribution in [3.63, 3.8) is 0 Å². The topological polar surface area (TPSA) is 18.5 Å². The van der Waals surface area contributed by atoms with Gasteiger partial charge in [-0.3, -0.25) is 0 Å². The van der Waals surface area contributed by atoms with Gasteiger partial charge in [-0.15, -0.1) is 0 Å². The Bertz CT molecular complexity index is 717. The molecule has 2 nitrogen and oxygen atoms in total. The molecule has 0 atom stereocenters. The minimum absolute atomic E-state index is 0.653. The second kappa shape index (κ2) is 8.47. The Morgan fingerprint density at radius 3 is 2.17 bits per heavy atom. The summed E-state index contributed by atoms with van der Waals surface area (Å²) in [5.74, 6) is 0. The fourth-order valence-electron chi connectivity index (χ4n) is 2.63. The summed E-state index contributed by atoms with van der Waals surface area (Å²) in [6.45, 7) is 2.77. The van der Waals surface area contributed by atoms with Crippen molar-refractivity contribution in [1.29, 1.82) is 0 Å². The van der Waals surface area contributed by atoms with Crippen LogP contribution in [-0.2, 0) is 22.7 Å². The number of hydrogen-bond donors (Lipinski definition) is 0. The van der Waals surface area contributed by atoms with Crippen LogP contribution in [0, 0.1) is 0 Å². The monoisotopic (exact) mass is 306 g/mol. The van der Waals surface area contributed by atoms with Gasteiger partial charge < -0.3 is 9.47 Å². The highest BCUT2D eigenvalue weighted by molar-refractivity contribution is 5.85. The van der Waals surface area contributed by atoms with Crippen LogP contribution in [-0.4, -0.2) is 13.2 Å². The van der Waals surface area contributed by atoms with E-state index in [1.165, 1.54) is 21.9 Å². The van der Waals surface area contributed by atoms with Gasteiger partial charge in [0.2, 0.25) is 0 Å². The van der Waals surface area contributed by atoms with Gasteiger partial charge in [0.1, 0.15) is 0 Å². The van der Waals surface area contributed by atoms with Crippen LogP contribution in [0.5, 0.6) is 0 Å². The molecule has 0 saturated carbocycles. The molecule has 0 fully saturated rings. The zero-order valence-electron chi connectivity index (χ0n) is 13.3. The third-order valence-corrected chi connectivity index (χ3v) is 3.83. The molecule has 0 spiro atoms. The van der Waals surface area contributed by atoms with E-state index in [0.717, 1.165) is 19.6 Å². The van der Waals surface area contributed by atoms with Crippen LogP contribution in [0.2, 0.25) is 0 Å². The van der Waals surface area contributed by atoms with E-state index < -0.39 is 0 Å². The maximum Gasteiger partial charge on any atom is 0.0722 e. The first-order chi connectivity index (χ1) is 11.4. The summed E-state index contributed by atoms with van der Waals surface area (Å²) in [4.78, 5) is 0. The molecule has 3 aromatic rings. The SMILES string of the molecule is c1ccc(COCCCOCc2cccc3ccccc23)cc1. The van der Waals surface area contributed by atoms with E-state index in [1.807, 2.05) is 18.2 Å². The molecule has 2 heteroatoms. The normalized spacial score (nSPS) is 11.0. The molecule has 0 bridgehead atoms. The predicted molar refractivity (Wildman–Crippen MR) is 94.3 cm³/mol. The first kappa shape index (κ1) is 15.7. The smallest absolute Gasteiger partial charge is 0.0722 e. The lowest BCUT2D eigenvalue weighted by Gasteiger charge is -2.08. The van der Waals surface area contributed by atoms with Gasteiger partial charge in [0.05, 0.1) is 13.2 Å². The van der Waals surface area contributed by atoms with Crippen LogP contribution in [0.4, 0.5) is 0 Å². The summed E-state index contributed by atoms with van der Waals surface area (Å²) in [5.41, 5.74) is 2.46. The Balaban J connectivity index is 1.37. The lowest BCUT2D eigenvalue weighted by atomic mass is 10.1. The molecule has 0 radical (unpaired) electrons. The summed E-state index contributed by atoms with van der Waals surface area (Å²) in [6.07, 6.45) is 0.914. The van der Waals surface area contributed by atoms with Gasteiger partial charge in [-0.2, -0.15) is 0 Å². The number of rotatable bonds is 8. The van der Waals surface area contributed by atoms with E-state index in [4.69, 9.17) is 9.47 Å². The predicted octanol–water partition coefficient (Wildman–Crippen LogP) is 4.96. The van der Waals surface area contributed by atoms with Gasteiger partial charge in [0.25, 0.3) is 0 Å².